The molecule has 0 bridgehead atoms. The number of imidazole rings is 1. The van der Waals surface area contributed by atoms with Crippen LogP contribution in [0.1, 0.15) is 25.6 Å². The predicted molar refractivity (Wildman–Crippen MR) is 156 cm³/mol. The third-order valence-electron chi connectivity index (χ3n) is 5.59. The number of benzene rings is 1. The number of nitrogens with two attached hydrogens (primary N) is 2. The van der Waals surface area contributed by atoms with Crippen molar-refractivity contribution in [2.24, 2.45) is 0 Å². The van der Waals surface area contributed by atoms with Crippen molar-refractivity contribution < 1.29 is 14.3 Å². The highest BCUT2D eigenvalue weighted by atomic mass is 35.5. The Bertz CT molecular complexity index is 1770. The molecule has 0 aliphatic carbocycles. The Balaban J connectivity index is 1.42. The lowest BCUT2D eigenvalue weighted by Gasteiger charge is -2.15. The number of methoxy groups -OCH3 is 1. The fraction of sp³-hybridized carbons (Fsp3) is 0.0833. The van der Waals surface area contributed by atoms with Gasteiger partial charge in [0.15, 0.2) is 11.5 Å². The second kappa shape index (κ2) is 11.1. The first-order valence-electron chi connectivity index (χ1n) is 11.3. The number of nitrogen functional groups attached to an aromatic ring is 2. The zero-order valence-corrected chi connectivity index (χ0v) is 23.5. The maximum Gasteiger partial charge on any atom is 0.267 e. The van der Waals surface area contributed by atoms with Gasteiger partial charge in [0.1, 0.15) is 22.0 Å². The summed E-state index contributed by atoms with van der Waals surface area (Å²) in [5, 5.41) is 7.95. The number of hydrogen-bond donors (Lipinski definition) is 4. The number of halogens is 3. The molecule has 5 rings (SSSR count). The van der Waals surface area contributed by atoms with Gasteiger partial charge in [0.05, 0.1) is 41.3 Å². The molecule has 0 spiro atoms. The second-order valence-corrected chi connectivity index (χ2v) is 10.3. The van der Waals surface area contributed by atoms with E-state index in [-0.39, 0.29) is 56.1 Å². The fourth-order valence-corrected chi connectivity index (χ4v) is 5.34. The third kappa shape index (κ3) is 5.45. The van der Waals surface area contributed by atoms with E-state index < -0.39 is 11.8 Å². The van der Waals surface area contributed by atoms with Crippen LogP contribution in [0.4, 0.5) is 23.3 Å². The van der Waals surface area contributed by atoms with Crippen LogP contribution in [0.5, 0.6) is 5.75 Å². The zero-order valence-electron chi connectivity index (χ0n) is 20.4. The molecule has 204 valence electrons. The summed E-state index contributed by atoms with van der Waals surface area (Å²) in [6, 6.07) is 5.98. The van der Waals surface area contributed by atoms with Crippen molar-refractivity contribution in [2.75, 3.05) is 29.2 Å². The molecule has 2 amide bonds. The standard InChI is InChI=1S/C24H18Cl3N9O3S/c1-39-14-5-12(26)4-13(22(37)32-15-3-2-11(25)6-30-15)17(14)33-23(38)19-16(27)10(8-40-19)7-36-9-31-18-20(28)34-24(29)35-21(18)36/h2-6,8-9H,7H2,1H3,(H,33,38)(H,30,32,37)(H4,28,29,34,35). The van der Waals surface area contributed by atoms with E-state index in [0.29, 0.717) is 21.7 Å². The van der Waals surface area contributed by atoms with Crippen LogP contribution in [0.25, 0.3) is 11.2 Å². The lowest BCUT2D eigenvalue weighted by Crippen LogP contribution is -2.19. The van der Waals surface area contributed by atoms with Gasteiger partial charge in [-0.05, 0) is 23.6 Å². The van der Waals surface area contributed by atoms with Gasteiger partial charge < -0.3 is 31.4 Å². The first-order valence-corrected chi connectivity index (χ1v) is 13.3. The quantitative estimate of drug-likeness (QED) is 0.196. The Morgan fingerprint density at radius 3 is 2.58 bits per heavy atom. The average Bonchev–Trinajstić information content (AvgIpc) is 3.49. The summed E-state index contributed by atoms with van der Waals surface area (Å²) in [5.74, 6) is -0.573. The maximum atomic E-state index is 13.4. The van der Waals surface area contributed by atoms with Crippen LogP contribution >= 0.6 is 46.1 Å². The minimum absolute atomic E-state index is 0.00632. The summed E-state index contributed by atoms with van der Waals surface area (Å²) >= 11 is 19.8. The normalized spacial score (nSPS) is 11.0. The van der Waals surface area contributed by atoms with Gasteiger partial charge >= 0.3 is 0 Å². The average molecular weight is 619 g/mol. The number of aromatic nitrogens is 5. The van der Waals surface area contributed by atoms with Crippen molar-refractivity contribution in [2.45, 2.75) is 6.54 Å². The Morgan fingerprint density at radius 1 is 1.05 bits per heavy atom. The van der Waals surface area contributed by atoms with Crippen molar-refractivity contribution in [1.29, 1.82) is 0 Å². The Hall–Kier alpha value is -4.17. The van der Waals surface area contributed by atoms with Crippen LogP contribution in [-0.4, -0.2) is 43.4 Å². The van der Waals surface area contributed by atoms with Gasteiger partial charge in [0.2, 0.25) is 5.95 Å². The van der Waals surface area contributed by atoms with Gasteiger partial charge in [-0.3, -0.25) is 9.59 Å². The predicted octanol–water partition coefficient (Wildman–Crippen LogP) is 4.97. The first kappa shape index (κ1) is 27.4. The lowest BCUT2D eigenvalue weighted by atomic mass is 10.1. The molecular weight excluding hydrogens is 601 g/mol. The van der Waals surface area contributed by atoms with Crippen molar-refractivity contribution in [3.05, 3.63) is 73.2 Å². The molecule has 1 aromatic carbocycles. The van der Waals surface area contributed by atoms with Crippen LogP contribution in [0.3, 0.4) is 0 Å². The molecule has 0 saturated carbocycles. The summed E-state index contributed by atoms with van der Waals surface area (Å²) in [5.41, 5.74) is 13.2. The van der Waals surface area contributed by atoms with E-state index >= 15 is 0 Å². The summed E-state index contributed by atoms with van der Waals surface area (Å²) in [6.45, 7) is 0.237. The number of ether oxygens (including phenoxy) is 1. The number of rotatable bonds is 7. The van der Waals surface area contributed by atoms with Gasteiger partial charge in [-0.1, -0.05) is 34.8 Å². The zero-order chi connectivity index (χ0) is 28.6. The van der Waals surface area contributed by atoms with E-state index in [1.807, 2.05) is 0 Å². The number of carbonyl (C=O) groups is 2. The van der Waals surface area contributed by atoms with Crippen molar-refractivity contribution >= 4 is 92.4 Å². The van der Waals surface area contributed by atoms with Gasteiger partial charge in [-0.15, -0.1) is 11.3 Å². The van der Waals surface area contributed by atoms with E-state index in [1.165, 1.54) is 37.8 Å². The number of carbonyl (C=O) groups excluding carboxylic acids is 2. The fourth-order valence-electron chi connectivity index (χ4n) is 3.78. The van der Waals surface area contributed by atoms with Crippen molar-refractivity contribution in [1.82, 2.24) is 24.5 Å². The highest BCUT2D eigenvalue weighted by molar-refractivity contribution is 7.13. The van der Waals surface area contributed by atoms with Gasteiger partial charge in [-0.2, -0.15) is 9.97 Å². The molecule has 12 nitrogen and oxygen atoms in total. The highest BCUT2D eigenvalue weighted by Gasteiger charge is 2.24. The summed E-state index contributed by atoms with van der Waals surface area (Å²) in [6.07, 6.45) is 2.92. The van der Waals surface area contributed by atoms with Crippen molar-refractivity contribution in [3.8, 4) is 5.75 Å². The molecule has 4 aromatic heterocycles. The number of thiophene rings is 1. The number of fused-ring (bicyclic) bond motifs is 1. The minimum Gasteiger partial charge on any atom is -0.494 e. The number of anilines is 4. The second-order valence-electron chi connectivity index (χ2n) is 8.22. The Morgan fingerprint density at radius 2 is 1.85 bits per heavy atom. The minimum atomic E-state index is -0.587. The molecule has 6 N–H and O–H groups in total. The molecule has 0 aliphatic rings. The van der Waals surface area contributed by atoms with E-state index in [0.717, 1.165) is 11.3 Å². The van der Waals surface area contributed by atoms with Crippen LogP contribution in [-0.2, 0) is 6.54 Å². The van der Waals surface area contributed by atoms with E-state index in [4.69, 9.17) is 51.0 Å². The van der Waals surface area contributed by atoms with Crippen LogP contribution < -0.4 is 26.8 Å². The highest BCUT2D eigenvalue weighted by Crippen LogP contribution is 2.36. The summed E-state index contributed by atoms with van der Waals surface area (Å²) < 4.78 is 7.09. The smallest absolute Gasteiger partial charge is 0.267 e. The Labute approximate surface area is 245 Å². The molecule has 0 unspecified atom stereocenters. The maximum absolute atomic E-state index is 13.4. The third-order valence-corrected chi connectivity index (χ3v) is 7.61. The molecule has 0 fully saturated rings. The van der Waals surface area contributed by atoms with Crippen molar-refractivity contribution in [3.63, 3.8) is 0 Å². The molecule has 0 saturated heterocycles. The summed E-state index contributed by atoms with van der Waals surface area (Å²) in [7, 11) is 1.39. The van der Waals surface area contributed by atoms with E-state index in [9.17, 15) is 9.59 Å². The summed E-state index contributed by atoms with van der Waals surface area (Å²) in [4.78, 5) is 43.1. The number of nitrogens with one attached hydrogen (secondary N) is 2. The monoisotopic (exact) mass is 617 g/mol. The number of hydrogen-bond acceptors (Lipinski definition) is 10. The van der Waals surface area contributed by atoms with E-state index in [1.54, 1.807) is 16.0 Å². The molecule has 40 heavy (non-hydrogen) atoms. The largest absolute Gasteiger partial charge is 0.494 e. The molecule has 0 atom stereocenters. The van der Waals surface area contributed by atoms with Crippen LogP contribution in [0.15, 0.2) is 42.2 Å². The number of pyridine rings is 1. The first-order chi connectivity index (χ1) is 19.1. The molecule has 0 aliphatic heterocycles. The SMILES string of the molecule is COc1cc(Cl)cc(C(=O)Nc2ccc(Cl)cn2)c1NC(=O)c1scc(Cn2cnc3c(N)nc(N)nc32)c1Cl. The molecule has 5 aromatic rings. The molecular formula is C24H18Cl3N9O3S. The molecule has 4 heterocycles. The van der Waals surface area contributed by atoms with Gasteiger partial charge in [0.25, 0.3) is 11.8 Å². The number of amides is 2. The van der Waals surface area contributed by atoms with E-state index in [2.05, 4.69) is 30.6 Å². The van der Waals surface area contributed by atoms with Gasteiger partial charge in [0, 0.05) is 22.8 Å². The molecule has 16 heteroatoms. The van der Waals surface area contributed by atoms with Crippen LogP contribution in [0, 0.1) is 0 Å². The topological polar surface area (TPSA) is 176 Å². The van der Waals surface area contributed by atoms with Gasteiger partial charge in [-0.25, -0.2) is 9.97 Å². The number of nitrogens with zero attached hydrogens (tertiary/aromatic N) is 5. The Kier molecular flexibility index (Phi) is 7.63. The molecule has 0 radical (unpaired) electrons. The lowest BCUT2D eigenvalue weighted by molar-refractivity contribution is 0.102. The van der Waals surface area contributed by atoms with Crippen LogP contribution in [0.2, 0.25) is 15.1 Å².